The molecule has 21 heavy (non-hydrogen) atoms. The molecule has 0 radical (unpaired) electrons. The van der Waals surface area contributed by atoms with Crippen LogP contribution in [0.25, 0.3) is 0 Å². The van der Waals surface area contributed by atoms with Gasteiger partial charge in [0.05, 0.1) is 0 Å². The second-order valence-corrected chi connectivity index (χ2v) is 6.23. The average Bonchev–Trinajstić information content (AvgIpc) is 2.47. The number of rotatable bonds is 6. The van der Waals surface area contributed by atoms with Crippen molar-refractivity contribution in [2.45, 2.75) is 38.6 Å². The van der Waals surface area contributed by atoms with Gasteiger partial charge in [0.2, 0.25) is 0 Å². The minimum absolute atomic E-state index is 0.202. The first-order valence-corrected chi connectivity index (χ1v) is 7.75. The Hall–Kier alpha value is -1.35. The van der Waals surface area contributed by atoms with E-state index in [1.54, 1.807) is 0 Å². The molecule has 0 aliphatic heterocycles. The minimum atomic E-state index is 0.202. The molecule has 2 nitrogen and oxygen atoms in total. The van der Waals surface area contributed by atoms with Crippen LogP contribution < -0.4 is 11.3 Å². The van der Waals surface area contributed by atoms with E-state index in [1.807, 2.05) is 18.2 Å². The number of nitrogens with one attached hydrogen (secondary N) is 1. The standard InChI is InChI=1S/C18H23ClN2/c1-13(2)16-8-6-14(7-9-16)11-18(21-20)12-15-4-3-5-17(19)10-15/h3-10,13,18,21H,11-12,20H2,1-2H3. The molecule has 3 heteroatoms. The third-order valence-corrected chi connectivity index (χ3v) is 3.97. The maximum atomic E-state index is 6.03. The minimum Gasteiger partial charge on any atom is -0.271 e. The van der Waals surface area contributed by atoms with E-state index >= 15 is 0 Å². The van der Waals surface area contributed by atoms with Crippen molar-refractivity contribution in [2.75, 3.05) is 0 Å². The number of halogens is 1. The first-order chi connectivity index (χ1) is 10.1. The smallest absolute Gasteiger partial charge is 0.0408 e. The van der Waals surface area contributed by atoms with Crippen molar-refractivity contribution in [1.29, 1.82) is 0 Å². The summed E-state index contributed by atoms with van der Waals surface area (Å²) in [6.45, 7) is 4.41. The molecule has 2 rings (SSSR count). The Balaban J connectivity index is 2.01. The Kier molecular flexibility index (Phi) is 5.80. The van der Waals surface area contributed by atoms with Crippen molar-refractivity contribution in [2.24, 2.45) is 5.84 Å². The third-order valence-electron chi connectivity index (χ3n) is 3.74. The van der Waals surface area contributed by atoms with Gasteiger partial charge in [0.15, 0.2) is 0 Å². The summed E-state index contributed by atoms with van der Waals surface area (Å²) in [6.07, 6.45) is 1.77. The number of nitrogens with two attached hydrogens (primary N) is 1. The van der Waals surface area contributed by atoms with E-state index < -0.39 is 0 Å². The molecule has 2 aromatic rings. The first-order valence-electron chi connectivity index (χ1n) is 7.38. The predicted molar refractivity (Wildman–Crippen MR) is 90.5 cm³/mol. The summed E-state index contributed by atoms with van der Waals surface area (Å²) in [6, 6.07) is 16.9. The van der Waals surface area contributed by atoms with Gasteiger partial charge < -0.3 is 0 Å². The van der Waals surface area contributed by atoms with Crippen LogP contribution >= 0.6 is 11.6 Å². The summed E-state index contributed by atoms with van der Waals surface area (Å²) in [5.41, 5.74) is 6.77. The highest BCUT2D eigenvalue weighted by Gasteiger charge is 2.09. The van der Waals surface area contributed by atoms with Crippen molar-refractivity contribution in [3.63, 3.8) is 0 Å². The van der Waals surface area contributed by atoms with Gasteiger partial charge in [0.1, 0.15) is 0 Å². The van der Waals surface area contributed by atoms with E-state index in [-0.39, 0.29) is 6.04 Å². The highest BCUT2D eigenvalue weighted by atomic mass is 35.5. The highest BCUT2D eigenvalue weighted by Crippen LogP contribution is 2.17. The molecule has 112 valence electrons. The molecule has 1 atom stereocenters. The summed E-state index contributed by atoms with van der Waals surface area (Å²) >= 11 is 6.03. The first kappa shape index (κ1) is 16.0. The van der Waals surface area contributed by atoms with Gasteiger partial charge in [0.25, 0.3) is 0 Å². The van der Waals surface area contributed by atoms with Gasteiger partial charge in [-0.25, -0.2) is 0 Å². The summed E-state index contributed by atoms with van der Waals surface area (Å²) in [5.74, 6) is 6.27. The summed E-state index contributed by atoms with van der Waals surface area (Å²) < 4.78 is 0. The van der Waals surface area contributed by atoms with Crippen LogP contribution in [0.1, 0.15) is 36.5 Å². The van der Waals surface area contributed by atoms with Crippen LogP contribution in [0.2, 0.25) is 5.02 Å². The monoisotopic (exact) mass is 302 g/mol. The quantitative estimate of drug-likeness (QED) is 0.623. The van der Waals surface area contributed by atoms with E-state index in [9.17, 15) is 0 Å². The summed E-state index contributed by atoms with van der Waals surface area (Å²) in [4.78, 5) is 0. The van der Waals surface area contributed by atoms with E-state index in [1.165, 1.54) is 16.7 Å². The summed E-state index contributed by atoms with van der Waals surface area (Å²) in [5, 5.41) is 0.768. The lowest BCUT2D eigenvalue weighted by Gasteiger charge is -2.17. The zero-order chi connectivity index (χ0) is 15.2. The Morgan fingerprint density at radius 2 is 1.67 bits per heavy atom. The van der Waals surface area contributed by atoms with E-state index in [4.69, 9.17) is 17.4 Å². The van der Waals surface area contributed by atoms with Crippen LogP contribution in [0, 0.1) is 0 Å². The fourth-order valence-electron chi connectivity index (χ4n) is 2.46. The molecule has 0 bridgehead atoms. The van der Waals surface area contributed by atoms with Crippen LogP contribution in [0.5, 0.6) is 0 Å². The molecule has 1 unspecified atom stereocenters. The highest BCUT2D eigenvalue weighted by molar-refractivity contribution is 6.30. The molecule has 0 heterocycles. The van der Waals surface area contributed by atoms with Crippen molar-refractivity contribution >= 4 is 11.6 Å². The topological polar surface area (TPSA) is 38.0 Å². The molecule has 0 saturated heterocycles. The Labute approximate surface area is 132 Å². The van der Waals surface area contributed by atoms with Crippen molar-refractivity contribution in [3.8, 4) is 0 Å². The molecule has 0 amide bonds. The molecular weight excluding hydrogens is 280 g/mol. The molecule has 0 aliphatic rings. The second-order valence-electron chi connectivity index (χ2n) is 5.80. The van der Waals surface area contributed by atoms with Crippen LogP contribution in [0.3, 0.4) is 0 Å². The lowest BCUT2D eigenvalue weighted by molar-refractivity contribution is 0.522. The number of hydrogen-bond acceptors (Lipinski definition) is 2. The van der Waals surface area contributed by atoms with Crippen molar-refractivity contribution < 1.29 is 0 Å². The van der Waals surface area contributed by atoms with Gasteiger partial charge in [-0.1, -0.05) is 61.8 Å². The third kappa shape index (κ3) is 4.85. The number of benzene rings is 2. The lowest BCUT2D eigenvalue weighted by Crippen LogP contribution is -2.38. The predicted octanol–water partition coefficient (Wildman–Crippen LogP) is 4.08. The Morgan fingerprint density at radius 3 is 2.24 bits per heavy atom. The van der Waals surface area contributed by atoms with Crippen LogP contribution in [-0.2, 0) is 12.8 Å². The van der Waals surface area contributed by atoms with Gasteiger partial charge in [-0.15, -0.1) is 0 Å². The van der Waals surface area contributed by atoms with Gasteiger partial charge in [-0.05, 0) is 47.6 Å². The maximum Gasteiger partial charge on any atom is 0.0408 e. The molecule has 0 fully saturated rings. The molecule has 3 N–H and O–H groups in total. The zero-order valence-electron chi connectivity index (χ0n) is 12.6. The van der Waals surface area contributed by atoms with Crippen molar-refractivity contribution in [3.05, 3.63) is 70.2 Å². The van der Waals surface area contributed by atoms with E-state index in [2.05, 4.69) is 49.6 Å². The molecule has 0 aromatic heterocycles. The fourth-order valence-corrected chi connectivity index (χ4v) is 2.67. The molecule has 0 aliphatic carbocycles. The normalized spacial score (nSPS) is 12.6. The largest absolute Gasteiger partial charge is 0.271 e. The molecule has 2 aromatic carbocycles. The number of hydrogen-bond donors (Lipinski definition) is 2. The van der Waals surface area contributed by atoms with Gasteiger partial charge >= 0.3 is 0 Å². The Bertz CT molecular complexity index is 564. The van der Waals surface area contributed by atoms with Crippen LogP contribution in [0.15, 0.2) is 48.5 Å². The average molecular weight is 303 g/mol. The number of hydrazine groups is 1. The van der Waals surface area contributed by atoms with Gasteiger partial charge in [-0.3, -0.25) is 11.3 Å². The zero-order valence-corrected chi connectivity index (χ0v) is 13.4. The van der Waals surface area contributed by atoms with Gasteiger partial charge in [0, 0.05) is 11.1 Å². The fraction of sp³-hybridized carbons (Fsp3) is 0.333. The van der Waals surface area contributed by atoms with E-state index in [0.717, 1.165) is 17.9 Å². The molecule has 0 spiro atoms. The summed E-state index contributed by atoms with van der Waals surface area (Å²) in [7, 11) is 0. The molecular formula is C18H23ClN2. The van der Waals surface area contributed by atoms with Crippen LogP contribution in [0.4, 0.5) is 0 Å². The SMILES string of the molecule is CC(C)c1ccc(CC(Cc2cccc(Cl)c2)NN)cc1. The van der Waals surface area contributed by atoms with Crippen molar-refractivity contribution in [1.82, 2.24) is 5.43 Å². The molecule has 0 saturated carbocycles. The second kappa shape index (κ2) is 7.60. The Morgan fingerprint density at radius 1 is 1.00 bits per heavy atom. The van der Waals surface area contributed by atoms with E-state index in [0.29, 0.717) is 5.92 Å². The van der Waals surface area contributed by atoms with Gasteiger partial charge in [-0.2, -0.15) is 0 Å². The lowest BCUT2D eigenvalue weighted by atomic mass is 9.96. The maximum absolute atomic E-state index is 6.03. The van der Waals surface area contributed by atoms with Crippen LogP contribution in [-0.4, -0.2) is 6.04 Å².